The maximum atomic E-state index is 12.6. The van der Waals surface area contributed by atoms with Crippen LogP contribution in [0, 0.1) is 0 Å². The van der Waals surface area contributed by atoms with Gasteiger partial charge >= 0.3 is 12.2 Å². The van der Waals surface area contributed by atoms with Crippen LogP contribution >= 0.6 is 0 Å². The molecule has 23 heavy (non-hydrogen) atoms. The maximum Gasteiger partial charge on any atom is 0.417 e. The van der Waals surface area contributed by atoms with Gasteiger partial charge in [0.15, 0.2) is 0 Å². The molecule has 1 aromatic carbocycles. The number of carbonyl (C=O) groups is 1. The van der Waals surface area contributed by atoms with Crippen LogP contribution in [0.15, 0.2) is 41.3 Å². The molecule has 2 amide bonds. The lowest BCUT2D eigenvalue weighted by atomic mass is 10.2. The zero-order valence-electron chi connectivity index (χ0n) is 11.8. The van der Waals surface area contributed by atoms with Crippen LogP contribution < -0.4 is 20.9 Å². The SMILES string of the molecule is COc1ccccc1NC(=O)Nc1cc(C(F)(F)F)c[nH]c1=O. The molecule has 6 nitrogen and oxygen atoms in total. The van der Waals surface area contributed by atoms with Gasteiger partial charge in [-0.3, -0.25) is 4.79 Å². The first-order valence-corrected chi connectivity index (χ1v) is 6.32. The van der Waals surface area contributed by atoms with E-state index in [4.69, 9.17) is 4.74 Å². The first-order chi connectivity index (χ1) is 10.8. The van der Waals surface area contributed by atoms with Crippen LogP contribution in [0.3, 0.4) is 0 Å². The minimum Gasteiger partial charge on any atom is -0.495 e. The minimum absolute atomic E-state index is 0.302. The lowest BCUT2D eigenvalue weighted by Gasteiger charge is -2.11. The zero-order valence-corrected chi connectivity index (χ0v) is 11.8. The van der Waals surface area contributed by atoms with Gasteiger partial charge < -0.3 is 20.4 Å². The summed E-state index contributed by atoms with van der Waals surface area (Å²) in [6.07, 6.45) is -4.11. The number of amides is 2. The van der Waals surface area contributed by atoms with Gasteiger partial charge in [0.05, 0.1) is 18.4 Å². The number of halogens is 3. The molecule has 0 aliphatic heterocycles. The molecular weight excluding hydrogens is 315 g/mol. The summed E-state index contributed by atoms with van der Waals surface area (Å²) in [6.45, 7) is 0. The second-order valence-corrected chi connectivity index (χ2v) is 4.41. The van der Waals surface area contributed by atoms with E-state index in [2.05, 4.69) is 10.6 Å². The molecule has 122 valence electrons. The van der Waals surface area contributed by atoms with Crippen molar-refractivity contribution in [3.63, 3.8) is 0 Å². The molecule has 2 aromatic rings. The summed E-state index contributed by atoms with van der Waals surface area (Å²) in [5.74, 6) is 0.362. The van der Waals surface area contributed by atoms with Crippen LogP contribution in [0.4, 0.5) is 29.3 Å². The van der Waals surface area contributed by atoms with E-state index in [0.29, 0.717) is 23.7 Å². The van der Waals surface area contributed by atoms with Crippen molar-refractivity contribution in [3.8, 4) is 5.75 Å². The molecule has 0 unspecified atom stereocenters. The zero-order chi connectivity index (χ0) is 17.0. The highest BCUT2D eigenvalue weighted by molar-refractivity contribution is 6.00. The smallest absolute Gasteiger partial charge is 0.417 e. The first kappa shape index (κ1) is 16.4. The normalized spacial score (nSPS) is 11.0. The quantitative estimate of drug-likeness (QED) is 0.810. The number of alkyl halides is 3. The molecule has 3 N–H and O–H groups in total. The van der Waals surface area contributed by atoms with Crippen molar-refractivity contribution in [1.82, 2.24) is 4.98 Å². The monoisotopic (exact) mass is 327 g/mol. The third-order valence-electron chi connectivity index (χ3n) is 2.83. The van der Waals surface area contributed by atoms with E-state index in [1.807, 2.05) is 4.98 Å². The van der Waals surface area contributed by atoms with Gasteiger partial charge in [-0.1, -0.05) is 12.1 Å². The first-order valence-electron chi connectivity index (χ1n) is 6.32. The van der Waals surface area contributed by atoms with E-state index < -0.39 is 29.0 Å². The van der Waals surface area contributed by atoms with Crippen molar-refractivity contribution in [2.24, 2.45) is 0 Å². The molecule has 0 aliphatic rings. The fourth-order valence-corrected chi connectivity index (χ4v) is 1.76. The number of H-pyrrole nitrogens is 1. The van der Waals surface area contributed by atoms with Gasteiger partial charge in [-0.15, -0.1) is 0 Å². The fraction of sp³-hybridized carbons (Fsp3) is 0.143. The van der Waals surface area contributed by atoms with Gasteiger partial charge in [-0.25, -0.2) is 4.79 Å². The van der Waals surface area contributed by atoms with E-state index in [-0.39, 0.29) is 0 Å². The van der Waals surface area contributed by atoms with Gasteiger partial charge in [0, 0.05) is 6.20 Å². The molecule has 9 heteroatoms. The number of rotatable bonds is 3. The molecule has 0 saturated carbocycles. The topological polar surface area (TPSA) is 83.2 Å². The van der Waals surface area contributed by atoms with Crippen LogP contribution in [-0.2, 0) is 6.18 Å². The standard InChI is InChI=1S/C14H12F3N3O3/c1-23-11-5-3-2-4-9(11)19-13(22)20-10-6-8(14(15,16)17)7-18-12(10)21/h2-7H,1H3,(H,18,21)(H2,19,20,22). The molecular formula is C14H12F3N3O3. The predicted molar refractivity (Wildman–Crippen MR) is 77.7 cm³/mol. The molecule has 0 spiro atoms. The number of methoxy groups -OCH3 is 1. The van der Waals surface area contributed by atoms with Crippen LogP contribution in [0.2, 0.25) is 0 Å². The predicted octanol–water partition coefficient (Wildman–Crippen LogP) is 3.05. The molecule has 1 aromatic heterocycles. The Morgan fingerprint density at radius 3 is 2.48 bits per heavy atom. The number of hydrogen-bond acceptors (Lipinski definition) is 3. The number of nitrogens with one attached hydrogen (secondary N) is 3. The van der Waals surface area contributed by atoms with E-state index >= 15 is 0 Å². The molecule has 0 saturated heterocycles. The molecule has 0 atom stereocenters. The lowest BCUT2D eigenvalue weighted by Crippen LogP contribution is -2.25. The average molecular weight is 327 g/mol. The van der Waals surface area contributed by atoms with Crippen LogP contribution in [-0.4, -0.2) is 18.1 Å². The Hall–Kier alpha value is -2.97. The van der Waals surface area contributed by atoms with Crippen LogP contribution in [0.5, 0.6) is 5.75 Å². The second-order valence-electron chi connectivity index (χ2n) is 4.41. The highest BCUT2D eigenvalue weighted by atomic mass is 19.4. The number of carbonyl (C=O) groups excluding carboxylic acids is 1. The number of urea groups is 1. The number of hydrogen-bond donors (Lipinski definition) is 3. The number of benzene rings is 1. The summed E-state index contributed by atoms with van der Waals surface area (Å²) in [4.78, 5) is 25.3. The Labute approximate surface area is 128 Å². The lowest BCUT2D eigenvalue weighted by molar-refractivity contribution is -0.137. The van der Waals surface area contributed by atoms with Gasteiger partial charge in [0.1, 0.15) is 11.4 Å². The van der Waals surface area contributed by atoms with Crippen molar-refractivity contribution in [2.45, 2.75) is 6.18 Å². The summed E-state index contributed by atoms with van der Waals surface area (Å²) in [7, 11) is 1.40. The number of ether oxygens (including phenoxy) is 1. The molecule has 0 fully saturated rings. The van der Waals surface area contributed by atoms with E-state index in [1.54, 1.807) is 18.2 Å². The summed E-state index contributed by atoms with van der Waals surface area (Å²) in [6, 6.07) is 6.12. The third-order valence-corrected chi connectivity index (χ3v) is 2.83. The number of aromatic nitrogens is 1. The Morgan fingerprint density at radius 1 is 1.17 bits per heavy atom. The Kier molecular flexibility index (Phi) is 4.58. The largest absolute Gasteiger partial charge is 0.495 e. The molecule has 2 rings (SSSR count). The highest BCUT2D eigenvalue weighted by Crippen LogP contribution is 2.29. The summed E-state index contributed by atoms with van der Waals surface area (Å²) < 4.78 is 42.9. The third kappa shape index (κ3) is 4.02. The Morgan fingerprint density at radius 2 is 1.83 bits per heavy atom. The van der Waals surface area contributed by atoms with E-state index in [1.165, 1.54) is 13.2 Å². The van der Waals surface area contributed by atoms with Crippen molar-refractivity contribution < 1.29 is 22.7 Å². The number of para-hydroxylation sites is 2. The Balaban J connectivity index is 2.19. The summed E-state index contributed by atoms with van der Waals surface area (Å²) >= 11 is 0. The van der Waals surface area contributed by atoms with Crippen molar-refractivity contribution >= 4 is 17.4 Å². The van der Waals surface area contributed by atoms with Crippen molar-refractivity contribution in [2.75, 3.05) is 17.7 Å². The van der Waals surface area contributed by atoms with Crippen molar-refractivity contribution in [3.05, 3.63) is 52.4 Å². The molecule has 0 radical (unpaired) electrons. The summed E-state index contributed by atoms with van der Waals surface area (Å²) in [5.41, 5.74) is -2.15. The highest BCUT2D eigenvalue weighted by Gasteiger charge is 2.31. The van der Waals surface area contributed by atoms with Gasteiger partial charge in [0.25, 0.3) is 5.56 Å². The molecule has 1 heterocycles. The fourth-order valence-electron chi connectivity index (χ4n) is 1.76. The molecule has 0 aliphatic carbocycles. The van der Waals surface area contributed by atoms with Gasteiger partial charge in [-0.2, -0.15) is 13.2 Å². The van der Waals surface area contributed by atoms with Gasteiger partial charge in [0.2, 0.25) is 0 Å². The van der Waals surface area contributed by atoms with Gasteiger partial charge in [-0.05, 0) is 18.2 Å². The number of anilines is 2. The van der Waals surface area contributed by atoms with E-state index in [0.717, 1.165) is 0 Å². The minimum atomic E-state index is -4.64. The molecule has 0 bridgehead atoms. The summed E-state index contributed by atoms with van der Waals surface area (Å²) in [5, 5.41) is 4.46. The number of aromatic amines is 1. The maximum absolute atomic E-state index is 12.6. The van der Waals surface area contributed by atoms with E-state index in [9.17, 15) is 22.8 Å². The van der Waals surface area contributed by atoms with Crippen LogP contribution in [0.1, 0.15) is 5.56 Å². The van der Waals surface area contributed by atoms with Crippen LogP contribution in [0.25, 0.3) is 0 Å². The van der Waals surface area contributed by atoms with Crippen molar-refractivity contribution in [1.29, 1.82) is 0 Å². The Bertz CT molecular complexity index is 772. The number of pyridine rings is 1. The second kappa shape index (κ2) is 6.42. The average Bonchev–Trinajstić information content (AvgIpc) is 2.49.